The number of non-ortho nitro benzene ring substituents is 1. The van der Waals surface area contributed by atoms with Gasteiger partial charge in [0.15, 0.2) is 16.3 Å². The van der Waals surface area contributed by atoms with Crippen LogP contribution in [0.3, 0.4) is 0 Å². The van der Waals surface area contributed by atoms with Crippen LogP contribution in [-0.4, -0.2) is 35.2 Å². The average Bonchev–Trinajstić information content (AvgIpc) is 3.12. The quantitative estimate of drug-likeness (QED) is 0.264. The highest BCUT2D eigenvalue weighted by Crippen LogP contribution is 2.39. The van der Waals surface area contributed by atoms with E-state index in [0.717, 1.165) is 11.3 Å². The number of nitrogens with zero attached hydrogens (tertiary/aromatic N) is 3. The molecule has 2 aromatic carbocycles. The molecule has 0 saturated carbocycles. The molecular weight excluding hydrogens is 446 g/mol. The van der Waals surface area contributed by atoms with E-state index in [-0.39, 0.29) is 17.8 Å². The van der Waals surface area contributed by atoms with E-state index < -0.39 is 10.8 Å². The number of carbonyl (C=O) groups excluding carboxylic acids is 1. The van der Waals surface area contributed by atoms with Crippen molar-refractivity contribution in [2.45, 2.75) is 27.3 Å². The molecule has 0 atom stereocenters. The number of carbonyl (C=O) groups is 1. The van der Waals surface area contributed by atoms with Gasteiger partial charge in [0, 0.05) is 17.7 Å². The maximum Gasteiger partial charge on any atom is 0.279 e. The summed E-state index contributed by atoms with van der Waals surface area (Å²) in [5.41, 5.74) is 0.858. The number of terminal acetylenes is 1. The van der Waals surface area contributed by atoms with E-state index >= 15 is 0 Å². The minimum atomic E-state index is -0.535. The van der Waals surface area contributed by atoms with E-state index in [9.17, 15) is 14.9 Å². The van der Waals surface area contributed by atoms with Crippen LogP contribution in [0, 0.1) is 22.5 Å². The third kappa shape index (κ3) is 5.15. The molecule has 33 heavy (non-hydrogen) atoms. The molecule has 0 aliphatic heterocycles. The number of amides is 1. The Balaban J connectivity index is 2.15. The van der Waals surface area contributed by atoms with Crippen molar-refractivity contribution < 1.29 is 23.9 Å². The maximum absolute atomic E-state index is 13.1. The van der Waals surface area contributed by atoms with Crippen molar-refractivity contribution in [2.24, 2.45) is 4.99 Å². The second-order valence-electron chi connectivity index (χ2n) is 6.60. The predicted molar refractivity (Wildman–Crippen MR) is 125 cm³/mol. The minimum Gasteiger partial charge on any atom is -0.490 e. The zero-order valence-corrected chi connectivity index (χ0v) is 19.3. The van der Waals surface area contributed by atoms with Gasteiger partial charge in [-0.05, 0) is 39.0 Å². The Hall–Kier alpha value is -3.84. The molecule has 1 heterocycles. The lowest BCUT2D eigenvalue weighted by molar-refractivity contribution is -0.384. The molecule has 0 unspecified atom stereocenters. The smallest absolute Gasteiger partial charge is 0.279 e. The molecule has 0 N–H and O–H groups in total. The third-order valence-electron chi connectivity index (χ3n) is 4.48. The van der Waals surface area contributed by atoms with Crippen LogP contribution in [0.15, 0.2) is 35.3 Å². The molecule has 0 saturated heterocycles. The van der Waals surface area contributed by atoms with Gasteiger partial charge in [0.05, 0.1) is 41.5 Å². The SMILES string of the molecule is C#CCn1c(=NC(=O)c2cc(OCC)c(OCC)c(OCC)c2)sc2cc([N+](=O)[O-])ccc21. The number of benzene rings is 2. The number of ether oxygens (including phenoxy) is 3. The van der Waals surface area contributed by atoms with E-state index in [1.807, 2.05) is 20.8 Å². The molecule has 0 bridgehead atoms. The fourth-order valence-corrected chi connectivity index (χ4v) is 4.23. The van der Waals surface area contributed by atoms with E-state index in [1.165, 1.54) is 12.1 Å². The summed E-state index contributed by atoms with van der Waals surface area (Å²) in [5, 5.41) is 11.1. The highest BCUT2D eigenvalue weighted by molar-refractivity contribution is 7.16. The Labute approximate surface area is 194 Å². The monoisotopic (exact) mass is 469 g/mol. The Kier molecular flexibility index (Phi) is 7.69. The van der Waals surface area contributed by atoms with Gasteiger partial charge in [0.25, 0.3) is 11.6 Å². The third-order valence-corrected chi connectivity index (χ3v) is 5.52. The summed E-state index contributed by atoms with van der Waals surface area (Å²) in [6, 6.07) is 7.55. The Morgan fingerprint density at radius 2 is 1.76 bits per heavy atom. The van der Waals surface area contributed by atoms with Gasteiger partial charge in [-0.25, -0.2) is 0 Å². The number of thiazole rings is 1. The first-order chi connectivity index (χ1) is 15.9. The van der Waals surface area contributed by atoms with Gasteiger partial charge in [0.2, 0.25) is 5.75 Å². The van der Waals surface area contributed by atoms with Crippen LogP contribution in [0.2, 0.25) is 0 Å². The first kappa shape index (κ1) is 23.8. The zero-order valence-electron chi connectivity index (χ0n) is 18.5. The number of fused-ring (bicyclic) bond motifs is 1. The number of nitro groups is 1. The van der Waals surface area contributed by atoms with Crippen molar-refractivity contribution in [2.75, 3.05) is 19.8 Å². The molecule has 3 rings (SSSR count). The lowest BCUT2D eigenvalue weighted by atomic mass is 10.1. The van der Waals surface area contributed by atoms with Crippen LogP contribution < -0.4 is 19.0 Å². The largest absolute Gasteiger partial charge is 0.490 e. The summed E-state index contributed by atoms with van der Waals surface area (Å²) in [7, 11) is 0. The van der Waals surface area contributed by atoms with Crippen LogP contribution in [0.1, 0.15) is 31.1 Å². The summed E-state index contributed by atoms with van der Waals surface area (Å²) in [5.74, 6) is 3.19. The van der Waals surface area contributed by atoms with Crippen LogP contribution in [0.5, 0.6) is 17.2 Å². The van der Waals surface area contributed by atoms with Crippen molar-refractivity contribution in [1.29, 1.82) is 0 Å². The Morgan fingerprint density at radius 3 is 2.30 bits per heavy atom. The maximum atomic E-state index is 13.1. The van der Waals surface area contributed by atoms with Gasteiger partial charge in [-0.3, -0.25) is 14.9 Å². The number of hydrogen-bond donors (Lipinski definition) is 0. The fraction of sp³-hybridized carbons (Fsp3) is 0.304. The molecule has 0 fully saturated rings. The van der Waals surface area contributed by atoms with Crippen molar-refractivity contribution in [3.63, 3.8) is 0 Å². The molecule has 0 spiro atoms. The second-order valence-corrected chi connectivity index (χ2v) is 7.61. The average molecular weight is 470 g/mol. The topological polar surface area (TPSA) is 105 Å². The van der Waals surface area contributed by atoms with Crippen LogP contribution in [0.4, 0.5) is 5.69 Å². The molecule has 1 aromatic heterocycles. The number of nitro benzene ring substituents is 1. The Bertz CT molecular complexity index is 1270. The first-order valence-electron chi connectivity index (χ1n) is 10.3. The molecular formula is C23H23N3O6S. The summed E-state index contributed by atoms with van der Waals surface area (Å²) in [6.45, 7) is 6.80. The summed E-state index contributed by atoms with van der Waals surface area (Å²) in [4.78, 5) is 28.4. The van der Waals surface area contributed by atoms with Gasteiger partial charge in [0.1, 0.15) is 0 Å². The molecule has 1 amide bonds. The van der Waals surface area contributed by atoms with Gasteiger partial charge in [-0.2, -0.15) is 4.99 Å². The van der Waals surface area contributed by atoms with Gasteiger partial charge in [-0.15, -0.1) is 6.42 Å². The standard InChI is InChI=1S/C23H23N3O6S/c1-5-11-25-17-10-9-16(26(28)29)14-20(17)33-23(25)24-22(27)15-12-18(30-6-2)21(32-8-4)19(13-15)31-7-3/h1,9-10,12-14H,6-8,11H2,2-4H3. The molecule has 172 valence electrons. The zero-order chi connectivity index (χ0) is 24.0. The van der Waals surface area contributed by atoms with E-state index in [0.29, 0.717) is 52.1 Å². The molecule has 9 nitrogen and oxygen atoms in total. The summed E-state index contributed by atoms with van der Waals surface area (Å²) < 4.78 is 19.3. The van der Waals surface area contributed by atoms with Gasteiger partial charge < -0.3 is 18.8 Å². The summed E-state index contributed by atoms with van der Waals surface area (Å²) in [6.07, 6.45) is 5.50. The van der Waals surface area contributed by atoms with E-state index in [2.05, 4.69) is 10.9 Å². The van der Waals surface area contributed by atoms with Gasteiger partial charge >= 0.3 is 0 Å². The van der Waals surface area contributed by atoms with Crippen LogP contribution in [-0.2, 0) is 6.54 Å². The molecule has 0 radical (unpaired) electrons. The number of hydrogen-bond acceptors (Lipinski definition) is 7. The van der Waals surface area contributed by atoms with Gasteiger partial charge in [-0.1, -0.05) is 17.3 Å². The Morgan fingerprint density at radius 1 is 1.12 bits per heavy atom. The van der Waals surface area contributed by atoms with Crippen LogP contribution >= 0.6 is 11.3 Å². The summed E-state index contributed by atoms with van der Waals surface area (Å²) >= 11 is 1.15. The fourth-order valence-electron chi connectivity index (χ4n) is 3.17. The molecule has 0 aliphatic rings. The van der Waals surface area contributed by atoms with Crippen LogP contribution in [0.25, 0.3) is 10.2 Å². The molecule has 3 aromatic rings. The predicted octanol–water partition coefficient (Wildman–Crippen LogP) is 4.18. The van der Waals surface area contributed by atoms with E-state index in [4.69, 9.17) is 20.6 Å². The number of aromatic nitrogens is 1. The van der Waals surface area contributed by atoms with E-state index in [1.54, 1.807) is 22.8 Å². The molecule has 10 heteroatoms. The van der Waals surface area contributed by atoms with Crippen molar-refractivity contribution >= 4 is 33.1 Å². The first-order valence-corrected chi connectivity index (χ1v) is 11.1. The molecule has 0 aliphatic carbocycles. The highest BCUT2D eigenvalue weighted by Gasteiger charge is 2.19. The lowest BCUT2D eigenvalue weighted by Crippen LogP contribution is -2.16. The van der Waals surface area contributed by atoms with Crippen molar-refractivity contribution in [3.8, 4) is 29.6 Å². The second kappa shape index (κ2) is 10.7. The van der Waals surface area contributed by atoms with Crippen molar-refractivity contribution in [1.82, 2.24) is 4.57 Å². The lowest BCUT2D eigenvalue weighted by Gasteiger charge is -2.16. The van der Waals surface area contributed by atoms with Crippen molar-refractivity contribution in [3.05, 3.63) is 50.8 Å². The number of rotatable bonds is 9. The minimum absolute atomic E-state index is 0.0521. The normalized spacial score (nSPS) is 11.3. The highest BCUT2D eigenvalue weighted by atomic mass is 32.1.